The van der Waals surface area contributed by atoms with Crippen LogP contribution >= 0.6 is 11.6 Å². The summed E-state index contributed by atoms with van der Waals surface area (Å²) in [6.07, 6.45) is 2.32. The number of rotatable bonds is 3. The van der Waals surface area contributed by atoms with Crippen LogP contribution in [0.25, 0.3) is 0 Å². The topological polar surface area (TPSA) is 49.4 Å². The first-order valence-corrected chi connectivity index (χ1v) is 9.43. The van der Waals surface area contributed by atoms with Gasteiger partial charge in [0.05, 0.1) is 16.7 Å². The molecule has 1 aromatic carbocycles. The van der Waals surface area contributed by atoms with Crippen molar-refractivity contribution in [1.82, 2.24) is 10.2 Å². The van der Waals surface area contributed by atoms with E-state index in [0.29, 0.717) is 15.8 Å². The standard InChI is InChI=1S/C15H21ClN2O2S/c1-18(9-11-4-6-17-7-5-11)14-10-21(19,20)15-3-2-12(16)8-13(14)15/h2-3,8,11,14,17H,4-7,9-10H2,1H3. The van der Waals surface area contributed by atoms with E-state index in [9.17, 15) is 8.42 Å². The molecule has 0 amide bonds. The van der Waals surface area contributed by atoms with Gasteiger partial charge in [-0.1, -0.05) is 11.6 Å². The predicted molar refractivity (Wildman–Crippen MR) is 84.5 cm³/mol. The van der Waals surface area contributed by atoms with Crippen LogP contribution in [0, 0.1) is 5.92 Å². The highest BCUT2D eigenvalue weighted by atomic mass is 35.5. The summed E-state index contributed by atoms with van der Waals surface area (Å²) in [6.45, 7) is 3.06. The highest BCUT2D eigenvalue weighted by Gasteiger charge is 2.37. The number of sulfone groups is 1. The van der Waals surface area contributed by atoms with E-state index in [-0.39, 0.29) is 11.8 Å². The second kappa shape index (κ2) is 5.88. The maximum absolute atomic E-state index is 12.3. The Bertz CT molecular complexity index is 627. The summed E-state index contributed by atoms with van der Waals surface area (Å²) >= 11 is 6.06. The third-order valence-electron chi connectivity index (χ3n) is 4.58. The van der Waals surface area contributed by atoms with E-state index in [1.54, 1.807) is 12.1 Å². The Morgan fingerprint density at radius 3 is 2.76 bits per heavy atom. The van der Waals surface area contributed by atoms with Crippen molar-refractivity contribution in [3.8, 4) is 0 Å². The van der Waals surface area contributed by atoms with Crippen molar-refractivity contribution in [2.24, 2.45) is 5.92 Å². The molecule has 2 aliphatic rings. The lowest BCUT2D eigenvalue weighted by Crippen LogP contribution is -2.36. The monoisotopic (exact) mass is 328 g/mol. The summed E-state index contributed by atoms with van der Waals surface area (Å²) in [6, 6.07) is 5.04. The van der Waals surface area contributed by atoms with Crippen LogP contribution in [0.2, 0.25) is 5.02 Å². The Kier molecular flexibility index (Phi) is 4.28. The fourth-order valence-corrected chi connectivity index (χ4v) is 5.45. The molecule has 1 unspecified atom stereocenters. The Labute approximate surface area is 131 Å². The van der Waals surface area contributed by atoms with Gasteiger partial charge in [0.25, 0.3) is 0 Å². The van der Waals surface area contributed by atoms with Crippen LogP contribution < -0.4 is 5.32 Å². The molecule has 4 nitrogen and oxygen atoms in total. The lowest BCUT2D eigenvalue weighted by atomic mass is 9.96. The van der Waals surface area contributed by atoms with Crippen molar-refractivity contribution in [3.05, 3.63) is 28.8 Å². The molecule has 2 heterocycles. The molecule has 6 heteroatoms. The third kappa shape index (κ3) is 3.11. The molecule has 1 N–H and O–H groups in total. The van der Waals surface area contributed by atoms with Crippen LogP contribution in [-0.2, 0) is 9.84 Å². The van der Waals surface area contributed by atoms with E-state index in [1.807, 2.05) is 13.1 Å². The fraction of sp³-hybridized carbons (Fsp3) is 0.600. The van der Waals surface area contributed by atoms with Crippen molar-refractivity contribution in [3.63, 3.8) is 0 Å². The van der Waals surface area contributed by atoms with Crippen LogP contribution in [0.5, 0.6) is 0 Å². The van der Waals surface area contributed by atoms with E-state index < -0.39 is 9.84 Å². The van der Waals surface area contributed by atoms with E-state index in [1.165, 1.54) is 0 Å². The molecule has 0 spiro atoms. The molecular formula is C15H21ClN2O2S. The Morgan fingerprint density at radius 2 is 2.05 bits per heavy atom. The lowest BCUT2D eigenvalue weighted by Gasteiger charge is -2.31. The van der Waals surface area contributed by atoms with Crippen LogP contribution in [0.3, 0.4) is 0 Å². The van der Waals surface area contributed by atoms with E-state index in [0.717, 1.165) is 38.0 Å². The highest BCUT2D eigenvalue weighted by Crippen LogP contribution is 2.38. The number of hydrogen-bond acceptors (Lipinski definition) is 4. The van der Waals surface area contributed by atoms with Crippen LogP contribution in [0.1, 0.15) is 24.4 Å². The van der Waals surface area contributed by atoms with Gasteiger partial charge in [-0.25, -0.2) is 8.42 Å². The fourth-order valence-electron chi connectivity index (χ4n) is 3.41. The maximum Gasteiger partial charge on any atom is 0.180 e. The minimum Gasteiger partial charge on any atom is -0.317 e. The van der Waals surface area contributed by atoms with Gasteiger partial charge in [0.2, 0.25) is 0 Å². The van der Waals surface area contributed by atoms with Crippen molar-refractivity contribution in [2.75, 3.05) is 32.4 Å². The van der Waals surface area contributed by atoms with Gasteiger partial charge in [-0.3, -0.25) is 4.90 Å². The quantitative estimate of drug-likeness (QED) is 0.923. The number of halogens is 1. The first-order chi connectivity index (χ1) is 9.97. The molecule has 2 aliphatic heterocycles. The Balaban J connectivity index is 1.81. The van der Waals surface area contributed by atoms with Crippen molar-refractivity contribution in [2.45, 2.75) is 23.8 Å². The number of benzene rings is 1. The number of piperidine rings is 1. The first-order valence-electron chi connectivity index (χ1n) is 7.40. The van der Waals surface area contributed by atoms with Gasteiger partial charge in [0.15, 0.2) is 9.84 Å². The average molecular weight is 329 g/mol. The van der Waals surface area contributed by atoms with Gasteiger partial charge in [-0.15, -0.1) is 0 Å². The van der Waals surface area contributed by atoms with Gasteiger partial charge in [-0.2, -0.15) is 0 Å². The lowest BCUT2D eigenvalue weighted by molar-refractivity contribution is 0.199. The summed E-state index contributed by atoms with van der Waals surface area (Å²) in [4.78, 5) is 2.64. The van der Waals surface area contributed by atoms with Crippen LogP contribution in [0.4, 0.5) is 0 Å². The highest BCUT2D eigenvalue weighted by molar-refractivity contribution is 7.91. The van der Waals surface area contributed by atoms with Crippen LogP contribution in [-0.4, -0.2) is 45.8 Å². The molecule has 0 aliphatic carbocycles. The molecular weight excluding hydrogens is 308 g/mol. The van der Waals surface area contributed by atoms with Gasteiger partial charge in [0, 0.05) is 11.6 Å². The summed E-state index contributed by atoms with van der Waals surface area (Å²) in [5.74, 6) is 0.812. The molecule has 0 aromatic heterocycles. The van der Waals surface area contributed by atoms with E-state index >= 15 is 0 Å². The number of nitrogens with one attached hydrogen (secondary N) is 1. The predicted octanol–water partition coefficient (Wildman–Crippen LogP) is 2.10. The molecule has 1 atom stereocenters. The molecule has 0 radical (unpaired) electrons. The molecule has 1 fully saturated rings. The van der Waals surface area contributed by atoms with Gasteiger partial charge >= 0.3 is 0 Å². The molecule has 0 saturated carbocycles. The Morgan fingerprint density at radius 1 is 1.33 bits per heavy atom. The second-order valence-electron chi connectivity index (χ2n) is 6.11. The normalized spacial score (nSPS) is 25.2. The zero-order chi connectivity index (χ0) is 15.0. The van der Waals surface area contributed by atoms with Gasteiger partial charge < -0.3 is 5.32 Å². The van der Waals surface area contributed by atoms with E-state index in [4.69, 9.17) is 11.6 Å². The summed E-state index contributed by atoms with van der Waals surface area (Å²) < 4.78 is 24.6. The molecule has 116 valence electrons. The number of fused-ring (bicyclic) bond motifs is 1. The minimum absolute atomic E-state index is 0.0708. The zero-order valence-electron chi connectivity index (χ0n) is 12.2. The smallest absolute Gasteiger partial charge is 0.180 e. The van der Waals surface area contributed by atoms with Gasteiger partial charge in [0.1, 0.15) is 0 Å². The average Bonchev–Trinajstić information content (AvgIpc) is 2.71. The van der Waals surface area contributed by atoms with Crippen molar-refractivity contribution in [1.29, 1.82) is 0 Å². The number of nitrogens with zero attached hydrogens (tertiary/aromatic N) is 1. The second-order valence-corrected chi connectivity index (χ2v) is 8.55. The largest absolute Gasteiger partial charge is 0.317 e. The summed E-state index contributed by atoms with van der Waals surface area (Å²) in [5, 5.41) is 3.96. The van der Waals surface area contributed by atoms with Crippen LogP contribution in [0.15, 0.2) is 23.1 Å². The SMILES string of the molecule is CN(CC1CCNCC1)C1CS(=O)(=O)c2ccc(Cl)cc21. The molecule has 0 bridgehead atoms. The maximum atomic E-state index is 12.3. The number of hydrogen-bond donors (Lipinski definition) is 1. The van der Waals surface area contributed by atoms with E-state index in [2.05, 4.69) is 10.2 Å². The first kappa shape index (κ1) is 15.3. The van der Waals surface area contributed by atoms with Gasteiger partial charge in [-0.05, 0) is 62.7 Å². The molecule has 1 saturated heterocycles. The summed E-state index contributed by atoms with van der Waals surface area (Å²) in [5.41, 5.74) is 0.860. The summed E-state index contributed by atoms with van der Waals surface area (Å²) in [7, 11) is -1.14. The minimum atomic E-state index is -3.17. The molecule has 1 aromatic rings. The van der Waals surface area contributed by atoms with Crippen molar-refractivity contribution >= 4 is 21.4 Å². The molecule has 3 rings (SSSR count). The Hall–Kier alpha value is -0.620. The van der Waals surface area contributed by atoms with Crippen molar-refractivity contribution < 1.29 is 8.42 Å². The zero-order valence-corrected chi connectivity index (χ0v) is 13.8. The molecule has 21 heavy (non-hydrogen) atoms. The third-order valence-corrected chi connectivity index (χ3v) is 6.61.